The van der Waals surface area contributed by atoms with E-state index in [1.165, 1.54) is 0 Å². The summed E-state index contributed by atoms with van der Waals surface area (Å²) in [7, 11) is 3.19. The number of hydrogen-bond donors (Lipinski definition) is 0. The minimum absolute atomic E-state index is 0.196. The maximum absolute atomic E-state index is 10.7. The molecule has 0 saturated heterocycles. The molecule has 7 heteroatoms. The minimum atomic E-state index is 0.196. The monoisotopic (exact) mass is 414 g/mol. The molecule has 0 aliphatic heterocycles. The van der Waals surface area contributed by atoms with E-state index >= 15 is 0 Å². The van der Waals surface area contributed by atoms with Crippen molar-refractivity contribution in [2.45, 2.75) is 0 Å². The fraction of sp³-hybridized carbons (Fsp3) is 0.0952. The number of benzene rings is 2. The predicted octanol–water partition coefficient (Wildman–Crippen LogP) is 5.61. The van der Waals surface area contributed by atoms with Crippen LogP contribution in [0.5, 0.6) is 11.5 Å². The Balaban J connectivity index is 0.000000162. The summed E-state index contributed by atoms with van der Waals surface area (Å²) in [6, 6.07) is 16.6. The van der Waals surface area contributed by atoms with E-state index in [1.807, 2.05) is 36.4 Å². The fourth-order valence-corrected chi connectivity index (χ4v) is 3.00. The average molecular weight is 415 g/mol. The second-order valence-electron chi connectivity index (χ2n) is 5.68. The number of para-hydroxylation sites is 2. The Kier molecular flexibility index (Phi) is 6.29. The van der Waals surface area contributed by atoms with E-state index in [-0.39, 0.29) is 5.15 Å². The third-order valence-corrected chi connectivity index (χ3v) is 4.52. The second kappa shape index (κ2) is 8.87. The highest BCUT2D eigenvalue weighted by Gasteiger charge is 2.07. The number of halogens is 2. The molecule has 0 radical (unpaired) electrons. The van der Waals surface area contributed by atoms with Gasteiger partial charge in [0, 0.05) is 10.8 Å². The lowest BCUT2D eigenvalue weighted by atomic mass is 10.1. The number of pyridine rings is 2. The Bertz CT molecular complexity index is 1150. The van der Waals surface area contributed by atoms with Crippen molar-refractivity contribution in [3.05, 3.63) is 70.5 Å². The normalized spacial score (nSPS) is 10.3. The first-order chi connectivity index (χ1) is 13.6. The molecule has 2 aromatic heterocycles. The molecule has 2 aromatic carbocycles. The molecule has 0 fully saturated rings. The molecule has 0 aliphatic carbocycles. The number of carbonyl (C=O) groups excluding carboxylic acids is 1. The summed E-state index contributed by atoms with van der Waals surface area (Å²) < 4.78 is 10.3. The Hall–Kier alpha value is -2.89. The average Bonchev–Trinajstić information content (AvgIpc) is 2.72. The predicted molar refractivity (Wildman–Crippen MR) is 112 cm³/mol. The summed E-state index contributed by atoms with van der Waals surface area (Å²) in [5.41, 5.74) is 1.85. The third kappa shape index (κ3) is 4.16. The van der Waals surface area contributed by atoms with Crippen LogP contribution in [0.3, 0.4) is 0 Å². The van der Waals surface area contributed by atoms with E-state index in [1.54, 1.807) is 32.4 Å². The van der Waals surface area contributed by atoms with Crippen LogP contribution in [0, 0.1) is 0 Å². The molecule has 0 amide bonds. The van der Waals surface area contributed by atoms with E-state index in [0.717, 1.165) is 22.0 Å². The summed E-state index contributed by atoms with van der Waals surface area (Å²) in [5, 5.41) is 2.55. The van der Waals surface area contributed by atoms with Gasteiger partial charge in [-0.3, -0.25) is 4.79 Å². The SMILES string of the molecule is COc1cccc2cc(C=O)c(Cl)nc12.COc1cccc2ccc(Cl)nc12. The highest BCUT2D eigenvalue weighted by atomic mass is 35.5. The van der Waals surface area contributed by atoms with Crippen LogP contribution in [-0.2, 0) is 0 Å². The summed E-state index contributed by atoms with van der Waals surface area (Å²) >= 11 is 11.6. The molecular weight excluding hydrogens is 399 g/mol. The van der Waals surface area contributed by atoms with Crippen LogP contribution in [0.2, 0.25) is 10.3 Å². The number of methoxy groups -OCH3 is 2. The molecule has 4 aromatic rings. The number of aldehydes is 1. The summed E-state index contributed by atoms with van der Waals surface area (Å²) in [5.74, 6) is 1.40. The lowest BCUT2D eigenvalue weighted by molar-refractivity contribution is 0.112. The van der Waals surface area contributed by atoms with Gasteiger partial charge in [-0.15, -0.1) is 0 Å². The number of fused-ring (bicyclic) bond motifs is 2. The topological polar surface area (TPSA) is 61.3 Å². The molecule has 0 saturated carbocycles. The zero-order valence-corrected chi connectivity index (χ0v) is 16.7. The van der Waals surface area contributed by atoms with Gasteiger partial charge < -0.3 is 9.47 Å². The molecule has 0 unspecified atom stereocenters. The van der Waals surface area contributed by atoms with Crippen LogP contribution in [0.25, 0.3) is 21.8 Å². The molecule has 5 nitrogen and oxygen atoms in total. The van der Waals surface area contributed by atoms with E-state index in [9.17, 15) is 4.79 Å². The van der Waals surface area contributed by atoms with E-state index < -0.39 is 0 Å². The highest BCUT2D eigenvalue weighted by Crippen LogP contribution is 2.27. The van der Waals surface area contributed by atoms with E-state index in [2.05, 4.69) is 9.97 Å². The number of hydrogen-bond acceptors (Lipinski definition) is 5. The van der Waals surface area contributed by atoms with Crippen LogP contribution < -0.4 is 9.47 Å². The van der Waals surface area contributed by atoms with Crippen LogP contribution in [0.4, 0.5) is 0 Å². The van der Waals surface area contributed by atoms with Crippen molar-refractivity contribution in [2.75, 3.05) is 14.2 Å². The molecular formula is C21H16Cl2N2O3. The third-order valence-electron chi connectivity index (χ3n) is 4.01. The zero-order chi connectivity index (χ0) is 20.1. The Morgan fingerprint density at radius 3 is 2.04 bits per heavy atom. The van der Waals surface area contributed by atoms with Crippen LogP contribution in [-0.4, -0.2) is 30.5 Å². The Morgan fingerprint density at radius 1 is 0.821 bits per heavy atom. The van der Waals surface area contributed by atoms with Crippen molar-refractivity contribution in [3.63, 3.8) is 0 Å². The smallest absolute Gasteiger partial charge is 0.153 e. The quantitative estimate of drug-likeness (QED) is 0.322. The minimum Gasteiger partial charge on any atom is -0.494 e. The summed E-state index contributed by atoms with van der Waals surface area (Å²) in [6.45, 7) is 0. The second-order valence-corrected chi connectivity index (χ2v) is 6.43. The number of carbonyl (C=O) groups is 1. The fourth-order valence-electron chi connectivity index (χ4n) is 2.67. The largest absolute Gasteiger partial charge is 0.494 e. The molecule has 2 heterocycles. The lowest BCUT2D eigenvalue weighted by Crippen LogP contribution is -1.91. The number of nitrogens with zero attached hydrogens (tertiary/aromatic N) is 2. The maximum Gasteiger partial charge on any atom is 0.153 e. The Labute approximate surface area is 171 Å². The summed E-state index contributed by atoms with van der Waals surface area (Å²) in [4.78, 5) is 19.0. The zero-order valence-electron chi connectivity index (χ0n) is 15.1. The van der Waals surface area contributed by atoms with Crippen molar-refractivity contribution >= 4 is 51.3 Å². The maximum atomic E-state index is 10.7. The number of ether oxygens (including phenoxy) is 2. The first-order valence-electron chi connectivity index (χ1n) is 8.25. The van der Waals surface area contributed by atoms with Gasteiger partial charge in [0.2, 0.25) is 0 Å². The van der Waals surface area contributed by atoms with Gasteiger partial charge >= 0.3 is 0 Å². The molecule has 28 heavy (non-hydrogen) atoms. The molecule has 0 atom stereocenters. The van der Waals surface area contributed by atoms with Crippen LogP contribution in [0.15, 0.2) is 54.6 Å². The first kappa shape index (κ1) is 19.9. The van der Waals surface area contributed by atoms with Crippen molar-refractivity contribution in [1.29, 1.82) is 0 Å². The van der Waals surface area contributed by atoms with Gasteiger partial charge in [0.05, 0.1) is 19.8 Å². The molecule has 0 aliphatic rings. The van der Waals surface area contributed by atoms with E-state index in [0.29, 0.717) is 28.3 Å². The van der Waals surface area contributed by atoms with Gasteiger partial charge in [-0.05, 0) is 30.3 Å². The molecule has 0 bridgehead atoms. The highest BCUT2D eigenvalue weighted by molar-refractivity contribution is 6.32. The van der Waals surface area contributed by atoms with Crippen molar-refractivity contribution < 1.29 is 14.3 Å². The van der Waals surface area contributed by atoms with Crippen molar-refractivity contribution in [2.24, 2.45) is 0 Å². The molecule has 0 N–H and O–H groups in total. The lowest BCUT2D eigenvalue weighted by Gasteiger charge is -2.05. The van der Waals surface area contributed by atoms with Gasteiger partial charge in [-0.2, -0.15) is 0 Å². The van der Waals surface area contributed by atoms with Gasteiger partial charge in [-0.25, -0.2) is 9.97 Å². The van der Waals surface area contributed by atoms with Crippen molar-refractivity contribution in [3.8, 4) is 11.5 Å². The number of rotatable bonds is 3. The van der Waals surface area contributed by atoms with Crippen molar-refractivity contribution in [1.82, 2.24) is 9.97 Å². The van der Waals surface area contributed by atoms with Gasteiger partial charge in [0.1, 0.15) is 32.8 Å². The van der Waals surface area contributed by atoms with Crippen LogP contribution in [0.1, 0.15) is 10.4 Å². The molecule has 142 valence electrons. The van der Waals surface area contributed by atoms with Gasteiger partial charge in [-0.1, -0.05) is 47.5 Å². The Morgan fingerprint density at radius 2 is 1.43 bits per heavy atom. The molecule has 0 spiro atoms. The molecule has 4 rings (SSSR count). The first-order valence-corrected chi connectivity index (χ1v) is 9.00. The van der Waals surface area contributed by atoms with Gasteiger partial charge in [0.15, 0.2) is 6.29 Å². The summed E-state index contributed by atoms with van der Waals surface area (Å²) in [6.07, 6.45) is 0.689. The van der Waals surface area contributed by atoms with Gasteiger partial charge in [0.25, 0.3) is 0 Å². The number of aromatic nitrogens is 2. The van der Waals surface area contributed by atoms with E-state index in [4.69, 9.17) is 32.7 Å². The van der Waals surface area contributed by atoms with Crippen LogP contribution >= 0.6 is 23.2 Å². The standard InChI is InChI=1S/C11H8ClNO2.C10H8ClNO/c1-15-9-4-2-3-7-5-8(6-14)11(12)13-10(7)9;1-13-8-4-2-3-7-5-6-9(11)12-10(7)8/h2-6H,1H3;2-6H,1H3.